The van der Waals surface area contributed by atoms with Gasteiger partial charge in [0.1, 0.15) is 10.8 Å². The van der Waals surface area contributed by atoms with Gasteiger partial charge in [0.2, 0.25) is 0 Å². The molecule has 1 N–H and O–H groups in total. The maximum absolute atomic E-state index is 11.2. The van der Waals surface area contributed by atoms with E-state index in [4.69, 9.17) is 9.98 Å². The summed E-state index contributed by atoms with van der Waals surface area (Å²) in [6, 6.07) is 38.5. The monoisotopic (exact) mass is 742 g/mol. The summed E-state index contributed by atoms with van der Waals surface area (Å²) >= 11 is 4.00. The fourth-order valence-corrected chi connectivity index (χ4v) is 7.92. The number of hydrogen-bond acceptors (Lipinski definition) is 4. The van der Waals surface area contributed by atoms with Crippen LogP contribution in [0.2, 0.25) is 0 Å². The van der Waals surface area contributed by atoms with Crippen LogP contribution in [0.25, 0.3) is 53.8 Å². The van der Waals surface area contributed by atoms with Crippen LogP contribution in [0.15, 0.2) is 114 Å². The number of fused-ring (bicyclic) bond motifs is 2. The molecule has 0 bridgehead atoms. The van der Waals surface area contributed by atoms with Gasteiger partial charge in [-0.1, -0.05) is 99.1 Å². The van der Waals surface area contributed by atoms with E-state index in [1.54, 1.807) is 17.6 Å². The average molecular weight is 743 g/mol. The number of aromatic nitrogens is 1. The van der Waals surface area contributed by atoms with Crippen molar-refractivity contribution in [3.63, 3.8) is 0 Å². The van der Waals surface area contributed by atoms with Crippen LogP contribution in [0.4, 0.5) is 5.69 Å². The van der Waals surface area contributed by atoms with Crippen LogP contribution >= 0.6 is 33.9 Å². The molecular weight excluding hydrogens is 707 g/mol. The third-order valence-electron chi connectivity index (χ3n) is 8.67. The molecule has 5 heteroatoms. The zero-order valence-electron chi connectivity index (χ0n) is 27.1. The number of aryl methyl sites for hydroxylation is 2. The third kappa shape index (κ3) is 6.10. The molecule has 0 amide bonds. The van der Waals surface area contributed by atoms with Gasteiger partial charge in [-0.05, 0) is 111 Å². The van der Waals surface area contributed by atoms with E-state index in [1.807, 2.05) is 30.3 Å². The van der Waals surface area contributed by atoms with Crippen molar-refractivity contribution in [3.05, 3.63) is 135 Å². The highest BCUT2D eigenvalue weighted by atomic mass is 127. The topological polar surface area (TPSA) is 45.5 Å². The Morgan fingerprint density at radius 2 is 1.51 bits per heavy atom. The fourth-order valence-electron chi connectivity index (χ4n) is 6.21. The number of phenols is 1. The lowest BCUT2D eigenvalue weighted by atomic mass is 9.85. The summed E-state index contributed by atoms with van der Waals surface area (Å²) in [5, 5.41) is 14.5. The lowest BCUT2D eigenvalue weighted by Crippen LogP contribution is -2.12. The van der Waals surface area contributed by atoms with Gasteiger partial charge in [0.15, 0.2) is 0 Å². The Hall–Kier alpha value is -4.33. The lowest BCUT2D eigenvalue weighted by molar-refractivity contribution is 0.445. The van der Waals surface area contributed by atoms with Gasteiger partial charge in [-0.15, -0.1) is 11.3 Å². The minimum atomic E-state index is -0.190. The summed E-state index contributed by atoms with van der Waals surface area (Å²) in [6.45, 7) is 10.7. The van der Waals surface area contributed by atoms with E-state index >= 15 is 0 Å². The van der Waals surface area contributed by atoms with Gasteiger partial charge < -0.3 is 5.11 Å². The SMILES string of the molecule is Cc1ccc(C)c(-c2cc(-c3cccc4ccccc34)c3nc(-c4ccccc4/N=C/c4cc(I)cc(C(C)(C)C)c4O)sc3c2)c1. The lowest BCUT2D eigenvalue weighted by Gasteiger charge is -2.21. The first-order valence-electron chi connectivity index (χ1n) is 15.7. The molecule has 0 aliphatic carbocycles. The van der Waals surface area contributed by atoms with Crippen LogP contribution in [-0.2, 0) is 5.41 Å². The highest BCUT2D eigenvalue weighted by molar-refractivity contribution is 14.1. The normalized spacial score (nSPS) is 12.0. The molecule has 6 aromatic carbocycles. The van der Waals surface area contributed by atoms with Gasteiger partial charge in [0.25, 0.3) is 0 Å². The van der Waals surface area contributed by atoms with Crippen molar-refractivity contribution in [2.75, 3.05) is 0 Å². The average Bonchev–Trinajstić information content (AvgIpc) is 3.49. The number of aromatic hydroxyl groups is 1. The van der Waals surface area contributed by atoms with Crippen molar-refractivity contribution < 1.29 is 5.11 Å². The molecule has 7 rings (SSSR count). The van der Waals surface area contributed by atoms with E-state index in [0.29, 0.717) is 5.56 Å². The first-order valence-corrected chi connectivity index (χ1v) is 17.6. The van der Waals surface area contributed by atoms with Crippen LogP contribution in [0, 0.1) is 17.4 Å². The second kappa shape index (κ2) is 12.4. The number of phenolic OH excluding ortho intramolecular Hbond substituents is 1. The maximum Gasteiger partial charge on any atom is 0.128 e. The predicted molar refractivity (Wildman–Crippen MR) is 210 cm³/mol. The maximum atomic E-state index is 11.2. The number of thiazole rings is 1. The zero-order chi connectivity index (χ0) is 32.9. The van der Waals surface area contributed by atoms with E-state index < -0.39 is 0 Å². The Bertz CT molecular complexity index is 2340. The first kappa shape index (κ1) is 31.3. The third-order valence-corrected chi connectivity index (χ3v) is 10.3. The van der Waals surface area contributed by atoms with Gasteiger partial charge >= 0.3 is 0 Å². The van der Waals surface area contributed by atoms with Crippen molar-refractivity contribution in [2.24, 2.45) is 4.99 Å². The molecule has 0 aliphatic rings. The van der Waals surface area contributed by atoms with Crippen LogP contribution < -0.4 is 0 Å². The number of hydrogen-bond donors (Lipinski definition) is 1. The number of para-hydroxylation sites is 1. The number of rotatable bonds is 5. The Kier molecular flexibility index (Phi) is 8.23. The van der Waals surface area contributed by atoms with Gasteiger partial charge in [0.05, 0.1) is 15.9 Å². The standard InChI is InChI=1S/C42H35IN2OS/c1-25-17-18-26(2)34(19-25)28-21-35(32-15-10-12-27-11-6-7-13-31(27)32)39-38(22-28)47-41(45-39)33-14-8-9-16-37(33)44-24-29-20-30(43)23-36(40(29)46)42(3,4)5/h6-24,46H,1-5H3/b44-24+. The van der Waals surface area contributed by atoms with Crippen LogP contribution in [0.1, 0.15) is 43.0 Å². The molecule has 1 heterocycles. The Labute approximate surface area is 293 Å². The van der Waals surface area contributed by atoms with E-state index in [1.165, 1.54) is 38.6 Å². The van der Waals surface area contributed by atoms with Crippen molar-refractivity contribution in [2.45, 2.75) is 40.0 Å². The molecule has 0 radical (unpaired) electrons. The highest BCUT2D eigenvalue weighted by Crippen LogP contribution is 2.43. The zero-order valence-corrected chi connectivity index (χ0v) is 30.1. The molecule has 7 aromatic rings. The molecule has 0 saturated carbocycles. The summed E-state index contributed by atoms with van der Waals surface area (Å²) in [4.78, 5) is 10.3. The molecule has 47 heavy (non-hydrogen) atoms. The summed E-state index contributed by atoms with van der Waals surface area (Å²) in [6.07, 6.45) is 1.78. The van der Waals surface area contributed by atoms with Crippen LogP contribution in [0.5, 0.6) is 5.75 Å². The summed E-state index contributed by atoms with van der Waals surface area (Å²) in [5.74, 6) is 0.276. The second-order valence-corrected chi connectivity index (χ2v) is 15.4. The number of aliphatic imine (C=N–C) groups is 1. The molecule has 0 aliphatic heterocycles. The molecule has 0 saturated heterocycles. The Morgan fingerprint density at radius 1 is 0.766 bits per heavy atom. The molecule has 0 unspecified atom stereocenters. The number of benzene rings is 6. The first-order chi connectivity index (χ1) is 22.6. The van der Waals surface area contributed by atoms with E-state index in [-0.39, 0.29) is 11.2 Å². The Morgan fingerprint density at radius 3 is 2.34 bits per heavy atom. The molecule has 0 spiro atoms. The van der Waals surface area contributed by atoms with Crippen LogP contribution in [0.3, 0.4) is 0 Å². The summed E-state index contributed by atoms with van der Waals surface area (Å²) in [5.41, 5.74) is 11.4. The van der Waals surface area contributed by atoms with Crippen molar-refractivity contribution in [1.29, 1.82) is 0 Å². The number of nitrogens with zero attached hydrogens (tertiary/aromatic N) is 2. The fraction of sp³-hybridized carbons (Fsp3) is 0.143. The second-order valence-electron chi connectivity index (χ2n) is 13.2. The quantitative estimate of drug-likeness (QED) is 0.141. The van der Waals surface area contributed by atoms with E-state index in [9.17, 15) is 5.11 Å². The largest absolute Gasteiger partial charge is 0.507 e. The summed E-state index contributed by atoms with van der Waals surface area (Å²) < 4.78 is 2.19. The van der Waals surface area contributed by atoms with Gasteiger partial charge in [-0.3, -0.25) is 4.99 Å². The number of halogens is 1. The Balaban J connectivity index is 1.41. The molecule has 232 valence electrons. The molecule has 1 aromatic heterocycles. The van der Waals surface area contributed by atoms with Crippen LogP contribution in [-0.4, -0.2) is 16.3 Å². The minimum absolute atomic E-state index is 0.190. The van der Waals surface area contributed by atoms with Gasteiger partial charge in [0, 0.05) is 32.0 Å². The van der Waals surface area contributed by atoms with E-state index in [2.05, 4.69) is 136 Å². The molecule has 3 nitrogen and oxygen atoms in total. The summed E-state index contributed by atoms with van der Waals surface area (Å²) in [7, 11) is 0. The molecule has 0 fully saturated rings. The van der Waals surface area contributed by atoms with Crippen molar-refractivity contribution >= 4 is 66.8 Å². The molecular formula is C42H35IN2OS. The van der Waals surface area contributed by atoms with Crippen molar-refractivity contribution in [3.8, 4) is 38.6 Å². The predicted octanol–water partition coefficient (Wildman–Crippen LogP) is 12.4. The highest BCUT2D eigenvalue weighted by Gasteiger charge is 2.21. The van der Waals surface area contributed by atoms with E-state index in [0.717, 1.165) is 41.2 Å². The van der Waals surface area contributed by atoms with Gasteiger partial charge in [-0.2, -0.15) is 0 Å². The van der Waals surface area contributed by atoms with Gasteiger partial charge in [-0.25, -0.2) is 4.98 Å². The smallest absolute Gasteiger partial charge is 0.128 e. The van der Waals surface area contributed by atoms with Crippen molar-refractivity contribution in [1.82, 2.24) is 4.98 Å². The minimum Gasteiger partial charge on any atom is -0.507 e. The molecule has 0 atom stereocenters.